The standard InChI is InChI=1S/C8H16N2O/c1-7(9-3)6-8(2)10-4-5-11/h6,10-11H,4-5H2,1-3H3/b8-6-,9-7+. The van der Waals surface area contributed by atoms with E-state index < -0.39 is 0 Å². The number of nitrogens with one attached hydrogen (secondary N) is 1. The third kappa shape index (κ3) is 5.61. The van der Waals surface area contributed by atoms with Gasteiger partial charge in [0.1, 0.15) is 0 Å². The average molecular weight is 156 g/mol. The minimum Gasteiger partial charge on any atom is -0.395 e. The first-order valence-electron chi connectivity index (χ1n) is 3.67. The molecular weight excluding hydrogens is 140 g/mol. The highest BCUT2D eigenvalue weighted by Gasteiger charge is 1.87. The fourth-order valence-electron chi connectivity index (χ4n) is 0.682. The zero-order valence-electron chi connectivity index (χ0n) is 7.39. The van der Waals surface area contributed by atoms with Crippen molar-refractivity contribution < 1.29 is 5.11 Å². The summed E-state index contributed by atoms with van der Waals surface area (Å²) in [6.45, 7) is 4.64. The lowest BCUT2D eigenvalue weighted by Crippen LogP contribution is -2.16. The first-order valence-corrected chi connectivity index (χ1v) is 3.67. The van der Waals surface area contributed by atoms with Crippen molar-refractivity contribution in [1.82, 2.24) is 5.32 Å². The van der Waals surface area contributed by atoms with Crippen LogP contribution >= 0.6 is 0 Å². The molecule has 0 saturated heterocycles. The van der Waals surface area contributed by atoms with Gasteiger partial charge in [-0.25, -0.2) is 0 Å². The van der Waals surface area contributed by atoms with Crippen LogP contribution in [-0.2, 0) is 0 Å². The Hall–Kier alpha value is -0.830. The number of rotatable bonds is 4. The van der Waals surface area contributed by atoms with E-state index in [1.54, 1.807) is 7.05 Å². The summed E-state index contributed by atoms with van der Waals surface area (Å²) in [5.41, 5.74) is 2.01. The van der Waals surface area contributed by atoms with Crippen LogP contribution in [0.15, 0.2) is 16.8 Å². The van der Waals surface area contributed by atoms with Crippen molar-refractivity contribution in [2.75, 3.05) is 20.2 Å². The molecule has 0 unspecified atom stereocenters. The number of aliphatic imine (C=N–C) groups is 1. The predicted molar refractivity (Wildman–Crippen MR) is 47.9 cm³/mol. The number of nitrogens with zero attached hydrogens (tertiary/aromatic N) is 1. The molecule has 0 radical (unpaired) electrons. The maximum absolute atomic E-state index is 8.49. The molecule has 0 spiro atoms. The van der Waals surface area contributed by atoms with Crippen molar-refractivity contribution in [3.63, 3.8) is 0 Å². The van der Waals surface area contributed by atoms with Crippen molar-refractivity contribution in [1.29, 1.82) is 0 Å². The average Bonchev–Trinajstić information content (AvgIpc) is 2.00. The Morgan fingerprint density at radius 1 is 1.55 bits per heavy atom. The molecule has 3 heteroatoms. The highest BCUT2D eigenvalue weighted by atomic mass is 16.3. The second kappa shape index (κ2) is 5.92. The van der Waals surface area contributed by atoms with Crippen molar-refractivity contribution in [3.8, 4) is 0 Å². The summed E-state index contributed by atoms with van der Waals surface area (Å²) < 4.78 is 0. The largest absolute Gasteiger partial charge is 0.395 e. The fraction of sp³-hybridized carbons (Fsp3) is 0.625. The lowest BCUT2D eigenvalue weighted by Gasteiger charge is -2.02. The van der Waals surface area contributed by atoms with Gasteiger partial charge in [-0.15, -0.1) is 0 Å². The minimum atomic E-state index is 0.160. The zero-order valence-corrected chi connectivity index (χ0v) is 7.39. The Morgan fingerprint density at radius 2 is 2.18 bits per heavy atom. The third-order valence-corrected chi connectivity index (χ3v) is 1.29. The maximum atomic E-state index is 8.49. The van der Waals surface area contributed by atoms with E-state index >= 15 is 0 Å². The van der Waals surface area contributed by atoms with E-state index in [0.717, 1.165) is 11.4 Å². The van der Waals surface area contributed by atoms with Crippen LogP contribution in [-0.4, -0.2) is 31.0 Å². The number of hydrogen-bond donors (Lipinski definition) is 2. The summed E-state index contributed by atoms with van der Waals surface area (Å²) in [5.74, 6) is 0. The van der Waals surface area contributed by atoms with Gasteiger partial charge in [-0.1, -0.05) is 0 Å². The first kappa shape index (κ1) is 10.2. The van der Waals surface area contributed by atoms with Gasteiger partial charge in [0, 0.05) is 25.0 Å². The number of aliphatic hydroxyl groups is 1. The van der Waals surface area contributed by atoms with Crippen LogP contribution in [0.5, 0.6) is 0 Å². The van der Waals surface area contributed by atoms with Crippen molar-refractivity contribution in [2.45, 2.75) is 13.8 Å². The molecule has 11 heavy (non-hydrogen) atoms. The second-order valence-electron chi connectivity index (χ2n) is 2.34. The summed E-state index contributed by atoms with van der Waals surface area (Å²) in [4.78, 5) is 3.97. The van der Waals surface area contributed by atoms with Gasteiger partial charge >= 0.3 is 0 Å². The van der Waals surface area contributed by atoms with Crippen LogP contribution in [0.1, 0.15) is 13.8 Å². The molecule has 3 nitrogen and oxygen atoms in total. The van der Waals surface area contributed by atoms with E-state index in [0.29, 0.717) is 6.54 Å². The Labute approximate surface area is 67.8 Å². The molecular formula is C8H16N2O. The van der Waals surface area contributed by atoms with E-state index in [9.17, 15) is 0 Å². The zero-order chi connectivity index (χ0) is 8.69. The molecule has 2 N–H and O–H groups in total. The molecule has 0 aliphatic carbocycles. The summed E-state index contributed by atoms with van der Waals surface area (Å²) in [7, 11) is 1.76. The van der Waals surface area contributed by atoms with Gasteiger partial charge < -0.3 is 10.4 Å². The van der Waals surface area contributed by atoms with E-state index in [2.05, 4.69) is 10.3 Å². The molecule has 0 rings (SSSR count). The summed E-state index contributed by atoms with van der Waals surface area (Å²) in [6.07, 6.45) is 1.94. The molecule has 0 amide bonds. The number of aliphatic hydroxyl groups excluding tert-OH is 1. The maximum Gasteiger partial charge on any atom is 0.0603 e. The minimum absolute atomic E-state index is 0.160. The van der Waals surface area contributed by atoms with E-state index in [-0.39, 0.29) is 6.61 Å². The lowest BCUT2D eigenvalue weighted by molar-refractivity contribution is 0.297. The van der Waals surface area contributed by atoms with Gasteiger partial charge in [0.25, 0.3) is 0 Å². The van der Waals surface area contributed by atoms with Gasteiger partial charge in [0.2, 0.25) is 0 Å². The Bertz CT molecular complexity index is 161. The van der Waals surface area contributed by atoms with Gasteiger partial charge in [-0.2, -0.15) is 0 Å². The summed E-state index contributed by atoms with van der Waals surface area (Å²) in [6, 6.07) is 0. The fourth-order valence-corrected chi connectivity index (χ4v) is 0.682. The van der Waals surface area contributed by atoms with E-state index in [1.807, 2.05) is 19.9 Å². The third-order valence-electron chi connectivity index (χ3n) is 1.29. The quantitative estimate of drug-likeness (QED) is 0.584. The Balaban J connectivity index is 3.80. The van der Waals surface area contributed by atoms with E-state index in [1.165, 1.54) is 0 Å². The molecule has 0 aliphatic rings. The smallest absolute Gasteiger partial charge is 0.0603 e. The molecule has 0 saturated carbocycles. The monoisotopic (exact) mass is 156 g/mol. The number of allylic oxidation sites excluding steroid dienone is 2. The van der Waals surface area contributed by atoms with Crippen molar-refractivity contribution in [3.05, 3.63) is 11.8 Å². The molecule has 0 aromatic heterocycles. The lowest BCUT2D eigenvalue weighted by atomic mass is 10.3. The van der Waals surface area contributed by atoms with Crippen LogP contribution in [0.4, 0.5) is 0 Å². The van der Waals surface area contributed by atoms with Crippen LogP contribution in [0.2, 0.25) is 0 Å². The van der Waals surface area contributed by atoms with Gasteiger partial charge in [-0.3, -0.25) is 4.99 Å². The number of hydrogen-bond acceptors (Lipinski definition) is 3. The Morgan fingerprint density at radius 3 is 2.64 bits per heavy atom. The topological polar surface area (TPSA) is 44.6 Å². The normalized spacial score (nSPS) is 13.5. The van der Waals surface area contributed by atoms with Crippen LogP contribution in [0.25, 0.3) is 0 Å². The van der Waals surface area contributed by atoms with Crippen LogP contribution in [0, 0.1) is 0 Å². The Kier molecular flexibility index (Phi) is 5.47. The molecule has 0 fully saturated rings. The molecule has 0 bridgehead atoms. The summed E-state index contributed by atoms with van der Waals surface area (Å²) in [5, 5.41) is 11.5. The molecule has 0 atom stereocenters. The van der Waals surface area contributed by atoms with Gasteiger partial charge in [0.15, 0.2) is 0 Å². The SMILES string of the molecule is C/N=C(C)/C=C(/C)NCCO. The molecule has 0 aromatic rings. The highest BCUT2D eigenvalue weighted by molar-refractivity contribution is 5.93. The molecule has 0 aliphatic heterocycles. The van der Waals surface area contributed by atoms with Gasteiger partial charge in [0.05, 0.1) is 6.61 Å². The molecule has 0 aromatic carbocycles. The highest BCUT2D eigenvalue weighted by Crippen LogP contribution is 1.87. The predicted octanol–water partition coefficient (Wildman–Crippen LogP) is 0.563. The van der Waals surface area contributed by atoms with Gasteiger partial charge in [-0.05, 0) is 19.9 Å². The van der Waals surface area contributed by atoms with Crippen molar-refractivity contribution in [2.24, 2.45) is 4.99 Å². The van der Waals surface area contributed by atoms with Crippen LogP contribution in [0.3, 0.4) is 0 Å². The summed E-state index contributed by atoms with van der Waals surface area (Å²) >= 11 is 0. The van der Waals surface area contributed by atoms with E-state index in [4.69, 9.17) is 5.11 Å². The molecule has 64 valence electrons. The van der Waals surface area contributed by atoms with Crippen molar-refractivity contribution >= 4 is 5.71 Å². The van der Waals surface area contributed by atoms with Crippen LogP contribution < -0.4 is 5.32 Å². The molecule has 0 heterocycles. The first-order chi connectivity index (χ1) is 5.20. The second-order valence-corrected chi connectivity index (χ2v) is 2.34.